The van der Waals surface area contributed by atoms with Gasteiger partial charge in [0.25, 0.3) is 0 Å². The lowest BCUT2D eigenvalue weighted by molar-refractivity contribution is -0.132. The van der Waals surface area contributed by atoms with Crippen molar-refractivity contribution >= 4 is 11.9 Å². The highest BCUT2D eigenvalue weighted by Gasteiger charge is 2.68. The molecule has 0 aromatic carbocycles. The fourth-order valence-corrected chi connectivity index (χ4v) is 6.62. The first-order chi connectivity index (χ1) is 11.5. The van der Waals surface area contributed by atoms with Crippen LogP contribution in [0.25, 0.3) is 0 Å². The molecule has 0 radical (unpaired) electrons. The van der Waals surface area contributed by atoms with Crippen LogP contribution in [0.5, 0.6) is 0 Å². The first-order valence-electron chi connectivity index (χ1n) is 9.07. The lowest BCUT2D eigenvalue weighted by Gasteiger charge is -2.57. The van der Waals surface area contributed by atoms with E-state index in [2.05, 4.69) is 29.1 Å². The number of carbonyl (C=O) groups is 1. The third-order valence-electron chi connectivity index (χ3n) is 7.58. The summed E-state index contributed by atoms with van der Waals surface area (Å²) in [7, 11) is 1.73. The third kappa shape index (κ3) is 1.70. The van der Waals surface area contributed by atoms with Crippen LogP contribution in [0, 0.1) is 22.7 Å². The van der Waals surface area contributed by atoms with E-state index in [1.54, 1.807) is 7.05 Å². The van der Waals surface area contributed by atoms with E-state index < -0.39 is 5.97 Å². The molecule has 2 spiro atoms. The maximum absolute atomic E-state index is 11.8. The van der Waals surface area contributed by atoms with Crippen molar-refractivity contribution in [2.45, 2.75) is 45.4 Å². The third-order valence-corrected chi connectivity index (χ3v) is 7.58. The van der Waals surface area contributed by atoms with E-state index in [-0.39, 0.29) is 10.8 Å². The SMILES string of the molecule is CN=C(N)N1C=CCC2(C1)C1CCC(C)C23CCC(C(=O)O)=C3C1. The normalized spacial score (nSPS) is 41.2. The van der Waals surface area contributed by atoms with E-state index in [9.17, 15) is 9.90 Å². The number of rotatable bonds is 1. The summed E-state index contributed by atoms with van der Waals surface area (Å²) in [5, 5.41) is 9.71. The summed E-state index contributed by atoms with van der Waals surface area (Å²) in [5.41, 5.74) is 8.25. The van der Waals surface area contributed by atoms with Crippen molar-refractivity contribution in [2.75, 3.05) is 13.6 Å². The fourth-order valence-electron chi connectivity index (χ4n) is 6.62. The molecule has 3 N–H and O–H groups in total. The lowest BCUT2D eigenvalue weighted by Crippen LogP contribution is -2.56. The molecule has 24 heavy (non-hydrogen) atoms. The summed E-state index contributed by atoms with van der Waals surface area (Å²) in [6, 6.07) is 0. The number of hydrogen-bond acceptors (Lipinski definition) is 2. The van der Waals surface area contributed by atoms with E-state index in [0.29, 0.717) is 23.4 Å². The second-order valence-corrected chi connectivity index (χ2v) is 8.07. The zero-order valence-corrected chi connectivity index (χ0v) is 14.6. The molecule has 5 heteroatoms. The molecular formula is C19H27N3O2. The Hall–Kier alpha value is -1.78. The molecule has 2 saturated carbocycles. The Bertz CT molecular complexity index is 680. The van der Waals surface area contributed by atoms with Gasteiger partial charge >= 0.3 is 5.97 Å². The summed E-state index contributed by atoms with van der Waals surface area (Å²) in [4.78, 5) is 18.1. The van der Waals surface area contributed by atoms with Crippen molar-refractivity contribution < 1.29 is 9.90 Å². The molecule has 0 aromatic heterocycles. The predicted molar refractivity (Wildman–Crippen MR) is 93.3 cm³/mol. The van der Waals surface area contributed by atoms with Gasteiger partial charge in [-0.1, -0.05) is 18.6 Å². The van der Waals surface area contributed by atoms with Crippen molar-refractivity contribution in [1.82, 2.24) is 4.90 Å². The van der Waals surface area contributed by atoms with Crippen LogP contribution >= 0.6 is 0 Å². The molecule has 130 valence electrons. The van der Waals surface area contributed by atoms with Gasteiger partial charge in [-0.25, -0.2) is 4.79 Å². The standard InChI is InChI=1S/C19H27N3O2/c1-12-4-5-13-10-15-14(16(23)24)6-8-19(12,15)18(13)7-3-9-22(11-18)17(20)21-2/h3,9,12-13H,4-8,10-11H2,1-2H3,(H2,20,21)(H,23,24). The summed E-state index contributed by atoms with van der Waals surface area (Å²) in [6.07, 6.45) is 10.4. The minimum absolute atomic E-state index is 0.0423. The highest BCUT2D eigenvalue weighted by molar-refractivity contribution is 5.89. The van der Waals surface area contributed by atoms with Crippen LogP contribution in [0.3, 0.4) is 0 Å². The Balaban J connectivity index is 1.85. The van der Waals surface area contributed by atoms with Gasteiger partial charge in [-0.2, -0.15) is 0 Å². The molecule has 2 bridgehead atoms. The average molecular weight is 329 g/mol. The number of hydrogen-bond donors (Lipinski definition) is 2. The summed E-state index contributed by atoms with van der Waals surface area (Å²) < 4.78 is 0. The van der Waals surface area contributed by atoms with Crippen LogP contribution in [-0.2, 0) is 4.79 Å². The van der Waals surface area contributed by atoms with Gasteiger partial charge < -0.3 is 15.7 Å². The smallest absolute Gasteiger partial charge is 0.331 e. The zero-order chi connectivity index (χ0) is 17.1. The molecule has 5 nitrogen and oxygen atoms in total. The van der Waals surface area contributed by atoms with E-state index in [4.69, 9.17) is 5.73 Å². The molecule has 1 aliphatic heterocycles. The van der Waals surface area contributed by atoms with Crippen molar-refractivity contribution in [3.05, 3.63) is 23.4 Å². The Morgan fingerprint density at radius 1 is 1.46 bits per heavy atom. The van der Waals surface area contributed by atoms with Crippen molar-refractivity contribution in [1.29, 1.82) is 0 Å². The van der Waals surface area contributed by atoms with Crippen molar-refractivity contribution in [3.8, 4) is 0 Å². The summed E-state index contributed by atoms with van der Waals surface area (Å²) >= 11 is 0. The lowest BCUT2D eigenvalue weighted by atomic mass is 9.49. The molecule has 4 aliphatic rings. The molecule has 2 fully saturated rings. The van der Waals surface area contributed by atoms with E-state index in [1.165, 1.54) is 18.4 Å². The minimum atomic E-state index is -0.699. The topological polar surface area (TPSA) is 78.9 Å². The molecule has 4 rings (SSSR count). The zero-order valence-electron chi connectivity index (χ0n) is 14.6. The quantitative estimate of drug-likeness (QED) is 0.573. The number of carboxylic acids is 1. The summed E-state index contributed by atoms with van der Waals surface area (Å²) in [6.45, 7) is 3.21. The number of allylic oxidation sites excluding steroid dienone is 2. The van der Waals surface area contributed by atoms with Crippen LogP contribution in [0.2, 0.25) is 0 Å². The Labute approximate surface area is 143 Å². The molecule has 0 saturated heterocycles. The highest BCUT2D eigenvalue weighted by Crippen LogP contribution is 2.74. The van der Waals surface area contributed by atoms with Crippen LogP contribution in [0.1, 0.15) is 45.4 Å². The number of aliphatic imine (C=N–C) groups is 1. The van der Waals surface area contributed by atoms with Gasteiger partial charge in [0.2, 0.25) is 0 Å². The molecule has 3 aliphatic carbocycles. The van der Waals surface area contributed by atoms with Gasteiger partial charge in [0.1, 0.15) is 0 Å². The average Bonchev–Trinajstić information content (AvgIpc) is 3.02. The van der Waals surface area contributed by atoms with E-state index in [1.807, 2.05) is 0 Å². The Kier molecular flexibility index (Phi) is 3.35. The molecule has 1 heterocycles. The molecule has 4 unspecified atom stereocenters. The van der Waals surface area contributed by atoms with Gasteiger partial charge in [-0.05, 0) is 50.4 Å². The van der Waals surface area contributed by atoms with Crippen LogP contribution < -0.4 is 5.73 Å². The van der Waals surface area contributed by atoms with Gasteiger partial charge in [0.15, 0.2) is 5.96 Å². The van der Waals surface area contributed by atoms with Gasteiger partial charge in [0.05, 0.1) is 0 Å². The highest BCUT2D eigenvalue weighted by atomic mass is 16.4. The Morgan fingerprint density at radius 2 is 2.25 bits per heavy atom. The maximum Gasteiger partial charge on any atom is 0.331 e. The number of carboxylic acid groups (broad SMARTS) is 1. The molecule has 0 aromatic rings. The van der Waals surface area contributed by atoms with Crippen molar-refractivity contribution in [3.63, 3.8) is 0 Å². The number of aliphatic carboxylic acids is 1. The first kappa shape index (κ1) is 15.7. The number of nitrogens with two attached hydrogens (primary N) is 1. The van der Waals surface area contributed by atoms with Gasteiger partial charge in [-0.3, -0.25) is 4.99 Å². The second-order valence-electron chi connectivity index (χ2n) is 8.07. The monoisotopic (exact) mass is 329 g/mol. The Morgan fingerprint density at radius 3 is 2.96 bits per heavy atom. The largest absolute Gasteiger partial charge is 0.478 e. The molecule has 0 amide bonds. The molecule has 4 atom stereocenters. The van der Waals surface area contributed by atoms with E-state index >= 15 is 0 Å². The predicted octanol–water partition coefficient (Wildman–Crippen LogP) is 2.75. The second kappa shape index (κ2) is 5.11. The molecular weight excluding hydrogens is 302 g/mol. The number of guanidine groups is 1. The summed E-state index contributed by atoms with van der Waals surface area (Å²) in [5.74, 6) is 0.961. The minimum Gasteiger partial charge on any atom is -0.478 e. The van der Waals surface area contributed by atoms with E-state index in [0.717, 1.165) is 32.2 Å². The number of nitrogens with zero attached hydrogens (tertiary/aromatic N) is 2. The van der Waals surface area contributed by atoms with Crippen molar-refractivity contribution in [2.24, 2.45) is 33.4 Å². The van der Waals surface area contributed by atoms with Crippen LogP contribution in [0.4, 0.5) is 0 Å². The van der Waals surface area contributed by atoms with Gasteiger partial charge in [0, 0.05) is 36.2 Å². The van der Waals surface area contributed by atoms with Crippen LogP contribution in [-0.4, -0.2) is 35.5 Å². The van der Waals surface area contributed by atoms with Gasteiger partial charge in [-0.15, -0.1) is 0 Å². The fraction of sp³-hybridized carbons (Fsp3) is 0.684. The first-order valence-corrected chi connectivity index (χ1v) is 9.07. The maximum atomic E-state index is 11.8. The van der Waals surface area contributed by atoms with Crippen LogP contribution in [0.15, 0.2) is 28.4 Å².